The zero-order valence-electron chi connectivity index (χ0n) is 10.2. The Bertz CT molecular complexity index is 256. The molecule has 0 aromatic carbocycles. The lowest BCUT2D eigenvalue weighted by atomic mass is 10.1. The molecule has 0 amide bonds. The van der Waals surface area contributed by atoms with Crippen LogP contribution in [0.25, 0.3) is 0 Å². The minimum Gasteiger partial charge on any atom is -0.394 e. The van der Waals surface area contributed by atoms with Gasteiger partial charge in [-0.2, -0.15) is 0 Å². The smallest absolute Gasteiger partial charge is 0.163 e. The third kappa shape index (κ3) is 3.30. The van der Waals surface area contributed by atoms with Crippen molar-refractivity contribution in [3.05, 3.63) is 0 Å². The van der Waals surface area contributed by atoms with Crippen LogP contribution < -0.4 is 0 Å². The van der Waals surface area contributed by atoms with Crippen molar-refractivity contribution in [2.24, 2.45) is 0 Å². The number of rotatable bonds is 3. The second-order valence-electron chi connectivity index (χ2n) is 4.78. The van der Waals surface area contributed by atoms with Crippen molar-refractivity contribution < 1.29 is 19.7 Å². The lowest BCUT2D eigenvalue weighted by Gasteiger charge is -2.29. The molecule has 3 atom stereocenters. The molecule has 2 fully saturated rings. The molecule has 0 aromatic rings. The molecular formula is C11H20O4S2. The first-order valence-electron chi connectivity index (χ1n) is 5.91. The Kier molecular flexibility index (Phi) is 4.66. The fraction of sp³-hybridized carbons (Fsp3) is 1.00. The zero-order valence-corrected chi connectivity index (χ0v) is 11.8. The van der Waals surface area contributed by atoms with Crippen LogP contribution in [0, 0.1) is 0 Å². The average Bonchev–Trinajstić information content (AvgIpc) is 2.65. The molecule has 2 saturated heterocycles. The molecule has 0 aliphatic carbocycles. The molecular weight excluding hydrogens is 260 g/mol. The molecule has 6 heteroatoms. The van der Waals surface area contributed by atoms with Crippen molar-refractivity contribution >= 4 is 23.5 Å². The monoisotopic (exact) mass is 280 g/mol. The largest absolute Gasteiger partial charge is 0.394 e. The Balaban J connectivity index is 2.06. The summed E-state index contributed by atoms with van der Waals surface area (Å²) in [5.74, 6) is 1.57. The van der Waals surface area contributed by atoms with E-state index in [2.05, 4.69) is 0 Å². The van der Waals surface area contributed by atoms with E-state index in [1.807, 2.05) is 37.4 Å². The van der Waals surface area contributed by atoms with Gasteiger partial charge in [0.05, 0.1) is 11.2 Å². The van der Waals surface area contributed by atoms with Gasteiger partial charge in [0.1, 0.15) is 18.3 Å². The van der Waals surface area contributed by atoms with Crippen LogP contribution in [-0.2, 0) is 9.47 Å². The Morgan fingerprint density at radius 2 is 1.94 bits per heavy atom. The summed E-state index contributed by atoms with van der Waals surface area (Å²) in [5, 5.41) is 18.9. The van der Waals surface area contributed by atoms with Gasteiger partial charge in [0.2, 0.25) is 0 Å². The van der Waals surface area contributed by atoms with E-state index in [0.29, 0.717) is 0 Å². The molecule has 2 aliphatic rings. The quantitative estimate of drug-likeness (QED) is 0.806. The summed E-state index contributed by atoms with van der Waals surface area (Å²) in [4.78, 5) is 0. The minimum atomic E-state index is -0.870. The van der Waals surface area contributed by atoms with E-state index in [9.17, 15) is 5.11 Å². The number of hydrogen-bond acceptors (Lipinski definition) is 6. The van der Waals surface area contributed by atoms with Crippen molar-refractivity contribution in [1.82, 2.24) is 0 Å². The third-order valence-corrected chi connectivity index (χ3v) is 5.91. The molecule has 2 rings (SSSR count). The van der Waals surface area contributed by atoms with Crippen molar-refractivity contribution in [3.8, 4) is 0 Å². The van der Waals surface area contributed by atoms with Crippen LogP contribution in [0.5, 0.6) is 0 Å². The van der Waals surface area contributed by atoms with E-state index in [4.69, 9.17) is 14.6 Å². The van der Waals surface area contributed by atoms with Crippen molar-refractivity contribution in [1.29, 1.82) is 0 Å². The maximum absolute atomic E-state index is 9.82. The molecule has 0 saturated carbocycles. The lowest BCUT2D eigenvalue weighted by molar-refractivity contribution is -0.156. The van der Waals surface area contributed by atoms with Gasteiger partial charge in [-0.25, -0.2) is 0 Å². The average molecular weight is 280 g/mol. The zero-order chi connectivity index (χ0) is 12.5. The Hall–Kier alpha value is 0.540. The molecule has 0 spiro atoms. The molecule has 17 heavy (non-hydrogen) atoms. The van der Waals surface area contributed by atoms with Gasteiger partial charge in [-0.3, -0.25) is 0 Å². The molecule has 0 aromatic heterocycles. The highest BCUT2D eigenvalue weighted by Crippen LogP contribution is 2.42. The molecule has 100 valence electrons. The second kappa shape index (κ2) is 5.67. The number of aliphatic hydroxyl groups is 2. The number of thioether (sulfide) groups is 2. The molecule has 4 nitrogen and oxygen atoms in total. The van der Waals surface area contributed by atoms with Gasteiger partial charge in [0.15, 0.2) is 5.79 Å². The van der Waals surface area contributed by atoms with E-state index < -0.39 is 18.0 Å². The molecule has 0 unspecified atom stereocenters. The summed E-state index contributed by atoms with van der Waals surface area (Å²) >= 11 is 3.72. The first-order chi connectivity index (χ1) is 8.03. The molecule has 0 bridgehead atoms. The molecule has 0 radical (unpaired) electrons. The van der Waals surface area contributed by atoms with Gasteiger partial charge in [0.25, 0.3) is 0 Å². The predicted octanol–water partition coefficient (Wildman–Crippen LogP) is 1.06. The summed E-state index contributed by atoms with van der Waals surface area (Å²) in [7, 11) is 0. The van der Waals surface area contributed by atoms with Crippen LogP contribution in [0.2, 0.25) is 0 Å². The number of aliphatic hydroxyl groups excluding tert-OH is 2. The summed E-state index contributed by atoms with van der Waals surface area (Å²) in [5.41, 5.74) is 0. The van der Waals surface area contributed by atoms with E-state index in [-0.39, 0.29) is 17.3 Å². The Labute approximate surface area is 110 Å². The van der Waals surface area contributed by atoms with E-state index in [1.165, 1.54) is 6.42 Å². The van der Waals surface area contributed by atoms with E-state index in [0.717, 1.165) is 11.5 Å². The maximum Gasteiger partial charge on any atom is 0.163 e. The summed E-state index contributed by atoms with van der Waals surface area (Å²) in [6, 6.07) is 0. The Morgan fingerprint density at radius 1 is 1.29 bits per heavy atom. The van der Waals surface area contributed by atoms with Crippen molar-refractivity contribution in [3.63, 3.8) is 0 Å². The first-order valence-corrected chi connectivity index (χ1v) is 8.01. The topological polar surface area (TPSA) is 58.9 Å². The summed E-state index contributed by atoms with van der Waals surface area (Å²) in [6.45, 7) is 3.41. The predicted molar refractivity (Wildman–Crippen MR) is 70.2 cm³/mol. The summed E-state index contributed by atoms with van der Waals surface area (Å²) in [6.07, 6.45) is -0.235. The van der Waals surface area contributed by atoms with Gasteiger partial charge in [-0.05, 0) is 31.8 Å². The van der Waals surface area contributed by atoms with Crippen molar-refractivity contribution in [2.45, 2.75) is 48.9 Å². The van der Waals surface area contributed by atoms with Crippen LogP contribution in [0.15, 0.2) is 0 Å². The number of hydrogen-bond donors (Lipinski definition) is 2. The fourth-order valence-electron chi connectivity index (χ4n) is 2.12. The SMILES string of the molecule is CC1(C)O[C@H]([C@H](O)CO)[C@@H](C2SCCCS2)O1. The highest BCUT2D eigenvalue weighted by atomic mass is 32.2. The van der Waals surface area contributed by atoms with Gasteiger partial charge >= 0.3 is 0 Å². The van der Waals surface area contributed by atoms with Gasteiger partial charge < -0.3 is 19.7 Å². The van der Waals surface area contributed by atoms with Gasteiger partial charge in [0, 0.05) is 0 Å². The fourth-order valence-corrected chi connectivity index (χ4v) is 5.16. The normalized spacial score (nSPS) is 36.0. The number of ether oxygens (including phenoxy) is 2. The van der Waals surface area contributed by atoms with Crippen LogP contribution in [0.1, 0.15) is 20.3 Å². The Morgan fingerprint density at radius 3 is 2.53 bits per heavy atom. The minimum absolute atomic E-state index is 0.151. The van der Waals surface area contributed by atoms with Gasteiger partial charge in [-0.15, -0.1) is 23.5 Å². The van der Waals surface area contributed by atoms with Crippen LogP contribution in [0.3, 0.4) is 0 Å². The second-order valence-corrected chi connectivity index (χ2v) is 7.58. The first kappa shape index (κ1) is 14.0. The maximum atomic E-state index is 9.82. The highest BCUT2D eigenvalue weighted by molar-refractivity contribution is 8.17. The van der Waals surface area contributed by atoms with Crippen LogP contribution in [0.4, 0.5) is 0 Å². The van der Waals surface area contributed by atoms with Gasteiger partial charge in [-0.1, -0.05) is 0 Å². The third-order valence-electron chi connectivity index (χ3n) is 2.85. The lowest BCUT2D eigenvalue weighted by Crippen LogP contribution is -2.42. The standard InChI is InChI=1S/C11H20O4S2/c1-11(2)14-8(7(13)6-12)9(15-11)10-16-4-3-5-17-10/h7-10,12-13H,3-6H2,1-2H3/t7-,8-,9+/m1/s1. The highest BCUT2D eigenvalue weighted by Gasteiger charge is 2.48. The molecule has 2 aliphatic heterocycles. The van der Waals surface area contributed by atoms with Crippen molar-refractivity contribution in [2.75, 3.05) is 18.1 Å². The van der Waals surface area contributed by atoms with Crippen LogP contribution >= 0.6 is 23.5 Å². The van der Waals surface area contributed by atoms with Crippen LogP contribution in [-0.4, -0.2) is 57.0 Å². The summed E-state index contributed by atoms with van der Waals surface area (Å²) < 4.78 is 11.9. The molecule has 2 heterocycles. The van der Waals surface area contributed by atoms with E-state index in [1.54, 1.807) is 0 Å². The molecule has 2 N–H and O–H groups in total. The van der Waals surface area contributed by atoms with E-state index >= 15 is 0 Å².